The number of nitrogens with zero attached hydrogens (tertiary/aromatic N) is 1. The van der Waals surface area contributed by atoms with Crippen molar-refractivity contribution in [2.45, 2.75) is 83.7 Å². The molecule has 38 heavy (non-hydrogen) atoms. The number of aryl methyl sites for hydroxylation is 2. The molecule has 0 amide bonds. The van der Waals surface area contributed by atoms with Gasteiger partial charge in [-0.05, 0) is 105 Å². The highest BCUT2D eigenvalue weighted by molar-refractivity contribution is 5.51. The normalized spacial score (nSPS) is 15.2. The zero-order valence-corrected chi connectivity index (χ0v) is 23.4. The number of nitrogens with one attached hydrogen (secondary N) is 1. The van der Waals surface area contributed by atoms with Crippen LogP contribution in [0.5, 0.6) is 11.5 Å². The van der Waals surface area contributed by atoms with Crippen LogP contribution < -0.4 is 15.0 Å². The molecule has 0 spiro atoms. The molecule has 0 unspecified atom stereocenters. The number of anilines is 1. The minimum Gasteiger partial charge on any atom is -0.508 e. The van der Waals surface area contributed by atoms with Crippen molar-refractivity contribution in [3.05, 3.63) is 89.0 Å². The Kier molecular flexibility index (Phi) is 10.9. The predicted molar refractivity (Wildman–Crippen MR) is 159 cm³/mol. The van der Waals surface area contributed by atoms with Gasteiger partial charge in [0.05, 0.1) is 7.11 Å². The summed E-state index contributed by atoms with van der Waals surface area (Å²) in [5, 5.41) is 12.9. The molecule has 4 nitrogen and oxygen atoms in total. The Balaban J connectivity index is 0.000000253. The first-order chi connectivity index (χ1) is 18.6. The molecule has 4 heteroatoms. The molecule has 1 saturated carbocycles. The molecule has 0 radical (unpaired) electrons. The summed E-state index contributed by atoms with van der Waals surface area (Å²) in [7, 11) is 1.72. The molecule has 0 aromatic heterocycles. The fourth-order valence-electron chi connectivity index (χ4n) is 5.67. The molecule has 0 saturated heterocycles. The van der Waals surface area contributed by atoms with Gasteiger partial charge in [0.1, 0.15) is 11.5 Å². The summed E-state index contributed by atoms with van der Waals surface area (Å²) in [6, 6.07) is 23.9. The van der Waals surface area contributed by atoms with E-state index in [-0.39, 0.29) is 0 Å². The van der Waals surface area contributed by atoms with E-state index in [1.807, 2.05) is 18.2 Å². The van der Waals surface area contributed by atoms with Crippen molar-refractivity contribution in [2.75, 3.05) is 25.1 Å². The molecular weight excluding hydrogens is 468 g/mol. The largest absolute Gasteiger partial charge is 0.508 e. The quantitative estimate of drug-likeness (QED) is 0.311. The maximum Gasteiger partial charge on any atom is 0.120 e. The average Bonchev–Trinajstić information content (AvgIpc) is 2.97. The SMILES string of the molecule is CCN(Cc1ccc(CCNC2CCCCC2)cc1)c1cccc(OC)c1.Oc1ccc2c(c1)CCCC2. The number of phenolic OH excluding ortho intramolecular Hbond substituents is 1. The molecule has 0 heterocycles. The lowest BCUT2D eigenvalue weighted by molar-refractivity contribution is 0.375. The number of hydrogen-bond donors (Lipinski definition) is 2. The zero-order chi connectivity index (χ0) is 26.6. The van der Waals surface area contributed by atoms with Crippen molar-refractivity contribution in [1.29, 1.82) is 0 Å². The van der Waals surface area contributed by atoms with Crippen molar-refractivity contribution in [1.82, 2.24) is 5.32 Å². The van der Waals surface area contributed by atoms with Gasteiger partial charge in [0.15, 0.2) is 0 Å². The summed E-state index contributed by atoms with van der Waals surface area (Å²) in [5.41, 5.74) is 6.75. The van der Waals surface area contributed by atoms with E-state index in [9.17, 15) is 5.11 Å². The number of fused-ring (bicyclic) bond motifs is 1. The fourth-order valence-corrected chi connectivity index (χ4v) is 5.67. The van der Waals surface area contributed by atoms with Crippen molar-refractivity contribution in [2.24, 2.45) is 0 Å². The molecule has 2 N–H and O–H groups in total. The second-order valence-electron chi connectivity index (χ2n) is 10.7. The zero-order valence-electron chi connectivity index (χ0n) is 23.4. The van der Waals surface area contributed by atoms with Crippen LogP contribution in [0.1, 0.15) is 74.1 Å². The van der Waals surface area contributed by atoms with E-state index in [0.29, 0.717) is 5.75 Å². The van der Waals surface area contributed by atoms with Gasteiger partial charge in [-0.3, -0.25) is 0 Å². The Bertz CT molecular complexity index is 1110. The van der Waals surface area contributed by atoms with Crippen LogP contribution in [0.25, 0.3) is 0 Å². The lowest BCUT2D eigenvalue weighted by Gasteiger charge is -2.24. The van der Waals surface area contributed by atoms with Crippen molar-refractivity contribution < 1.29 is 9.84 Å². The third-order valence-corrected chi connectivity index (χ3v) is 7.98. The van der Waals surface area contributed by atoms with E-state index in [1.54, 1.807) is 13.2 Å². The van der Waals surface area contributed by atoms with E-state index >= 15 is 0 Å². The van der Waals surface area contributed by atoms with E-state index in [1.165, 1.54) is 79.3 Å². The maximum absolute atomic E-state index is 9.19. The van der Waals surface area contributed by atoms with Gasteiger partial charge in [-0.2, -0.15) is 0 Å². The van der Waals surface area contributed by atoms with Crippen LogP contribution in [0.4, 0.5) is 5.69 Å². The minimum atomic E-state index is 0.408. The van der Waals surface area contributed by atoms with E-state index < -0.39 is 0 Å². The molecule has 2 aliphatic carbocycles. The number of rotatable bonds is 9. The standard InChI is InChI=1S/C24H34N2O.C10H12O/c1-3-26(23-10-7-11-24(18-23)27-2)19-21-14-12-20(13-15-21)16-17-25-22-8-5-4-6-9-22;11-10-6-5-8-3-1-2-4-9(8)7-10/h7,10-15,18,22,25H,3-6,8-9,16-17,19H2,1-2H3;5-7,11H,1-4H2. The maximum atomic E-state index is 9.19. The Morgan fingerprint density at radius 1 is 0.842 bits per heavy atom. The molecule has 3 aromatic rings. The number of ether oxygens (including phenoxy) is 1. The smallest absolute Gasteiger partial charge is 0.120 e. The third kappa shape index (κ3) is 8.52. The monoisotopic (exact) mass is 514 g/mol. The highest BCUT2D eigenvalue weighted by atomic mass is 16.5. The molecular formula is C34H46N2O2. The summed E-state index contributed by atoms with van der Waals surface area (Å²) < 4.78 is 5.36. The lowest BCUT2D eigenvalue weighted by atomic mass is 9.92. The molecule has 3 aromatic carbocycles. The molecule has 0 atom stereocenters. The van der Waals surface area contributed by atoms with Gasteiger partial charge in [0.25, 0.3) is 0 Å². The highest BCUT2D eigenvalue weighted by Crippen LogP contribution is 2.25. The van der Waals surface area contributed by atoms with Gasteiger partial charge in [-0.1, -0.05) is 55.7 Å². The van der Waals surface area contributed by atoms with Crippen LogP contribution in [-0.4, -0.2) is 31.3 Å². The van der Waals surface area contributed by atoms with Gasteiger partial charge in [0.2, 0.25) is 0 Å². The van der Waals surface area contributed by atoms with Crippen LogP contribution in [0, 0.1) is 0 Å². The first-order valence-corrected chi connectivity index (χ1v) is 14.7. The summed E-state index contributed by atoms with van der Waals surface area (Å²) >= 11 is 0. The molecule has 204 valence electrons. The number of benzene rings is 3. The molecule has 5 rings (SSSR count). The summed E-state index contributed by atoms with van der Waals surface area (Å²) in [6.07, 6.45) is 13.0. The van der Waals surface area contributed by atoms with Gasteiger partial charge in [0, 0.05) is 30.9 Å². The Labute approximate surface area is 230 Å². The Morgan fingerprint density at radius 3 is 2.32 bits per heavy atom. The lowest BCUT2D eigenvalue weighted by Crippen LogP contribution is -2.32. The van der Waals surface area contributed by atoms with Gasteiger partial charge >= 0.3 is 0 Å². The molecule has 2 aliphatic rings. The van der Waals surface area contributed by atoms with Crippen LogP contribution in [0.3, 0.4) is 0 Å². The van der Waals surface area contributed by atoms with Crippen molar-refractivity contribution >= 4 is 5.69 Å². The van der Waals surface area contributed by atoms with Crippen LogP contribution in [0.2, 0.25) is 0 Å². The minimum absolute atomic E-state index is 0.408. The predicted octanol–water partition coefficient (Wildman–Crippen LogP) is 7.46. The van der Waals surface area contributed by atoms with Crippen LogP contribution in [0.15, 0.2) is 66.7 Å². The first kappa shape index (κ1) is 28.0. The summed E-state index contributed by atoms with van der Waals surface area (Å²) in [6.45, 7) is 5.18. The second kappa shape index (κ2) is 14.8. The Morgan fingerprint density at radius 2 is 1.58 bits per heavy atom. The van der Waals surface area contributed by atoms with Crippen molar-refractivity contribution in [3.63, 3.8) is 0 Å². The van der Waals surface area contributed by atoms with E-state index in [4.69, 9.17) is 4.74 Å². The first-order valence-electron chi connectivity index (χ1n) is 14.7. The molecule has 0 bridgehead atoms. The fraction of sp³-hybridized carbons (Fsp3) is 0.471. The Hall–Kier alpha value is -2.98. The number of methoxy groups -OCH3 is 1. The van der Waals surface area contributed by atoms with Gasteiger partial charge in [-0.25, -0.2) is 0 Å². The summed E-state index contributed by atoms with van der Waals surface area (Å²) in [5.74, 6) is 1.32. The van der Waals surface area contributed by atoms with Crippen LogP contribution in [-0.2, 0) is 25.8 Å². The van der Waals surface area contributed by atoms with Crippen molar-refractivity contribution in [3.8, 4) is 11.5 Å². The number of phenols is 1. The second-order valence-corrected chi connectivity index (χ2v) is 10.7. The van der Waals surface area contributed by atoms with Gasteiger partial charge in [-0.15, -0.1) is 0 Å². The molecule has 1 fully saturated rings. The van der Waals surface area contributed by atoms with Gasteiger partial charge < -0.3 is 20.1 Å². The third-order valence-electron chi connectivity index (χ3n) is 7.98. The molecule has 0 aliphatic heterocycles. The number of aromatic hydroxyl groups is 1. The average molecular weight is 515 g/mol. The topological polar surface area (TPSA) is 44.7 Å². The van der Waals surface area contributed by atoms with Crippen LogP contribution >= 0.6 is 0 Å². The van der Waals surface area contributed by atoms with E-state index in [0.717, 1.165) is 44.3 Å². The highest BCUT2D eigenvalue weighted by Gasteiger charge is 2.12. The number of hydrogen-bond acceptors (Lipinski definition) is 4. The van der Waals surface area contributed by atoms with E-state index in [2.05, 4.69) is 59.6 Å². The summed E-state index contributed by atoms with van der Waals surface area (Å²) in [4.78, 5) is 2.38.